The Bertz CT molecular complexity index is 423. The molecule has 0 fully saturated rings. The number of ether oxygens (including phenoxy) is 1. The average Bonchev–Trinajstić information content (AvgIpc) is 2.45. The van der Waals surface area contributed by atoms with Gasteiger partial charge in [0.25, 0.3) is 0 Å². The molecule has 4 heteroatoms. The van der Waals surface area contributed by atoms with E-state index in [9.17, 15) is 0 Å². The highest BCUT2D eigenvalue weighted by atomic mass is 35.5. The molecule has 0 radical (unpaired) electrons. The summed E-state index contributed by atoms with van der Waals surface area (Å²) in [6.07, 6.45) is 3.31. The van der Waals surface area contributed by atoms with Gasteiger partial charge in [-0.25, -0.2) is 0 Å². The second-order valence-electron chi connectivity index (χ2n) is 5.26. The molecule has 0 spiro atoms. The molecular weight excluding hydrogens is 293 g/mol. The Labute approximate surface area is 132 Å². The summed E-state index contributed by atoms with van der Waals surface area (Å²) in [5, 5.41) is 4.89. The van der Waals surface area contributed by atoms with Crippen LogP contribution in [0.4, 0.5) is 0 Å². The topological polar surface area (TPSA) is 21.3 Å². The van der Waals surface area contributed by atoms with E-state index in [1.54, 1.807) is 13.2 Å². The molecule has 1 aromatic rings. The molecule has 0 aliphatic rings. The molecule has 1 aromatic carbocycles. The first-order valence-corrected chi connectivity index (χ1v) is 8.05. The summed E-state index contributed by atoms with van der Waals surface area (Å²) >= 11 is 12.6. The molecule has 0 saturated carbocycles. The molecule has 0 aliphatic carbocycles. The molecule has 20 heavy (non-hydrogen) atoms. The average molecular weight is 318 g/mol. The molecule has 114 valence electrons. The molecule has 2 unspecified atom stereocenters. The zero-order valence-corrected chi connectivity index (χ0v) is 14.3. The van der Waals surface area contributed by atoms with Crippen molar-refractivity contribution in [3.8, 4) is 5.75 Å². The van der Waals surface area contributed by atoms with E-state index in [1.165, 1.54) is 0 Å². The van der Waals surface area contributed by atoms with Crippen LogP contribution in [-0.4, -0.2) is 13.7 Å². The summed E-state index contributed by atoms with van der Waals surface area (Å²) in [6, 6.07) is 3.97. The first kappa shape index (κ1) is 17.6. The van der Waals surface area contributed by atoms with Gasteiger partial charge in [0.15, 0.2) is 0 Å². The van der Waals surface area contributed by atoms with Crippen LogP contribution in [0.1, 0.15) is 51.6 Å². The number of rotatable bonds is 8. The minimum atomic E-state index is 0.237. The summed E-state index contributed by atoms with van der Waals surface area (Å²) in [5.74, 6) is 1.26. The fourth-order valence-electron chi connectivity index (χ4n) is 2.18. The highest BCUT2D eigenvalue weighted by molar-refractivity contribution is 6.34. The molecule has 2 nitrogen and oxygen atoms in total. The molecule has 2 atom stereocenters. The fourth-order valence-corrected chi connectivity index (χ4v) is 2.71. The van der Waals surface area contributed by atoms with Gasteiger partial charge in [-0.05, 0) is 36.9 Å². The summed E-state index contributed by atoms with van der Waals surface area (Å²) in [5.41, 5.74) is 1.06. The molecular formula is C16H25Cl2NO. The molecule has 0 amide bonds. The van der Waals surface area contributed by atoms with E-state index in [0.29, 0.717) is 21.7 Å². The van der Waals surface area contributed by atoms with E-state index in [1.807, 2.05) is 6.07 Å². The Hall–Kier alpha value is -0.440. The Morgan fingerprint density at radius 3 is 2.45 bits per heavy atom. The van der Waals surface area contributed by atoms with Crippen molar-refractivity contribution >= 4 is 23.2 Å². The van der Waals surface area contributed by atoms with Gasteiger partial charge in [-0.1, -0.05) is 50.4 Å². The number of benzene rings is 1. The number of nitrogens with one attached hydrogen (secondary N) is 1. The molecule has 1 N–H and O–H groups in total. The largest absolute Gasteiger partial charge is 0.495 e. The maximum absolute atomic E-state index is 6.40. The maximum Gasteiger partial charge on any atom is 0.138 e. The van der Waals surface area contributed by atoms with Gasteiger partial charge in [0, 0.05) is 17.1 Å². The molecule has 0 heterocycles. The van der Waals surface area contributed by atoms with Crippen molar-refractivity contribution in [1.82, 2.24) is 5.32 Å². The number of hydrogen-bond acceptors (Lipinski definition) is 2. The predicted molar refractivity (Wildman–Crippen MR) is 88.1 cm³/mol. The van der Waals surface area contributed by atoms with E-state index < -0.39 is 0 Å². The molecule has 1 rings (SSSR count). The van der Waals surface area contributed by atoms with Crippen LogP contribution >= 0.6 is 23.2 Å². The van der Waals surface area contributed by atoms with Crippen molar-refractivity contribution in [2.45, 2.75) is 46.1 Å². The SMILES string of the molecule is CCCNC(CC(C)CC)c1cc(Cl)c(OC)cc1Cl. The van der Waals surface area contributed by atoms with Gasteiger partial charge < -0.3 is 10.1 Å². The quantitative estimate of drug-likeness (QED) is 0.685. The van der Waals surface area contributed by atoms with Crippen LogP contribution in [-0.2, 0) is 0 Å². The third-order valence-electron chi connectivity index (χ3n) is 3.62. The monoisotopic (exact) mass is 317 g/mol. The normalized spacial score (nSPS) is 14.1. The maximum atomic E-state index is 6.40. The van der Waals surface area contributed by atoms with Crippen LogP contribution < -0.4 is 10.1 Å². The van der Waals surface area contributed by atoms with E-state index in [-0.39, 0.29) is 6.04 Å². The summed E-state index contributed by atoms with van der Waals surface area (Å²) in [6.45, 7) is 7.61. The minimum Gasteiger partial charge on any atom is -0.495 e. The number of halogens is 2. The third kappa shape index (κ3) is 4.83. The van der Waals surface area contributed by atoms with Crippen LogP contribution in [0, 0.1) is 5.92 Å². The highest BCUT2D eigenvalue weighted by Gasteiger charge is 2.19. The second-order valence-corrected chi connectivity index (χ2v) is 6.08. The summed E-state index contributed by atoms with van der Waals surface area (Å²) in [7, 11) is 1.60. The first-order chi connectivity index (χ1) is 9.53. The highest BCUT2D eigenvalue weighted by Crippen LogP contribution is 2.36. The van der Waals surface area contributed by atoms with Crippen molar-refractivity contribution in [2.24, 2.45) is 5.92 Å². The van der Waals surface area contributed by atoms with Crippen LogP contribution in [0.15, 0.2) is 12.1 Å². The van der Waals surface area contributed by atoms with Crippen molar-refractivity contribution in [1.29, 1.82) is 0 Å². The molecule has 0 aromatic heterocycles. The lowest BCUT2D eigenvalue weighted by Crippen LogP contribution is -2.24. The molecule has 0 aliphatic heterocycles. The van der Waals surface area contributed by atoms with E-state index in [4.69, 9.17) is 27.9 Å². The Morgan fingerprint density at radius 1 is 1.20 bits per heavy atom. The van der Waals surface area contributed by atoms with Crippen molar-refractivity contribution in [2.75, 3.05) is 13.7 Å². The van der Waals surface area contributed by atoms with E-state index in [2.05, 4.69) is 26.1 Å². The molecule has 0 saturated heterocycles. The van der Waals surface area contributed by atoms with Gasteiger partial charge >= 0.3 is 0 Å². The summed E-state index contributed by atoms with van der Waals surface area (Å²) in [4.78, 5) is 0. The molecule has 0 bridgehead atoms. The number of hydrogen-bond donors (Lipinski definition) is 1. The van der Waals surface area contributed by atoms with Crippen molar-refractivity contribution in [3.05, 3.63) is 27.7 Å². The van der Waals surface area contributed by atoms with Gasteiger partial charge in [-0.3, -0.25) is 0 Å². The van der Waals surface area contributed by atoms with Gasteiger partial charge in [-0.15, -0.1) is 0 Å². The summed E-state index contributed by atoms with van der Waals surface area (Å²) < 4.78 is 5.21. The van der Waals surface area contributed by atoms with E-state index in [0.717, 1.165) is 31.4 Å². The van der Waals surface area contributed by atoms with Crippen LogP contribution in [0.5, 0.6) is 5.75 Å². The Kier molecular flexibility index (Phi) is 7.71. The lowest BCUT2D eigenvalue weighted by Gasteiger charge is -2.24. The lowest BCUT2D eigenvalue weighted by molar-refractivity contribution is 0.399. The van der Waals surface area contributed by atoms with Crippen LogP contribution in [0.2, 0.25) is 10.0 Å². The Morgan fingerprint density at radius 2 is 1.90 bits per heavy atom. The third-order valence-corrected chi connectivity index (χ3v) is 4.24. The van der Waals surface area contributed by atoms with Gasteiger partial charge in [0.2, 0.25) is 0 Å². The zero-order valence-electron chi connectivity index (χ0n) is 12.8. The standard InChI is InChI=1S/C16H25Cl2NO/c1-5-7-19-15(8-11(3)6-2)12-9-14(18)16(20-4)10-13(12)17/h9-11,15,19H,5-8H2,1-4H3. The van der Waals surface area contributed by atoms with Crippen molar-refractivity contribution in [3.63, 3.8) is 0 Å². The van der Waals surface area contributed by atoms with E-state index >= 15 is 0 Å². The van der Waals surface area contributed by atoms with Gasteiger partial charge in [0.1, 0.15) is 5.75 Å². The van der Waals surface area contributed by atoms with Gasteiger partial charge in [0.05, 0.1) is 12.1 Å². The zero-order chi connectivity index (χ0) is 15.1. The second kappa shape index (κ2) is 8.76. The van der Waals surface area contributed by atoms with Crippen LogP contribution in [0.25, 0.3) is 0 Å². The minimum absolute atomic E-state index is 0.237. The smallest absolute Gasteiger partial charge is 0.138 e. The number of methoxy groups -OCH3 is 1. The predicted octanol–water partition coefficient (Wildman–Crippen LogP) is 5.48. The first-order valence-electron chi connectivity index (χ1n) is 7.29. The van der Waals surface area contributed by atoms with Gasteiger partial charge in [-0.2, -0.15) is 0 Å². The van der Waals surface area contributed by atoms with Crippen molar-refractivity contribution < 1.29 is 4.74 Å². The fraction of sp³-hybridized carbons (Fsp3) is 0.625. The van der Waals surface area contributed by atoms with Crippen LogP contribution in [0.3, 0.4) is 0 Å². The lowest BCUT2D eigenvalue weighted by atomic mass is 9.94. The Balaban J connectivity index is 3.02.